The van der Waals surface area contributed by atoms with Gasteiger partial charge < -0.3 is 0 Å². The van der Waals surface area contributed by atoms with Gasteiger partial charge in [0.25, 0.3) is 10.0 Å². The molecule has 0 atom stereocenters. The summed E-state index contributed by atoms with van der Waals surface area (Å²) >= 11 is 0. The molecule has 1 aliphatic heterocycles. The normalized spacial score (nSPS) is 17.3. The van der Waals surface area contributed by atoms with Crippen LogP contribution in [0.25, 0.3) is 0 Å². The van der Waals surface area contributed by atoms with Gasteiger partial charge in [-0.2, -0.15) is 0 Å². The molecule has 0 bridgehead atoms. The zero-order chi connectivity index (χ0) is 10.2. The van der Waals surface area contributed by atoms with Crippen LogP contribution in [0.3, 0.4) is 0 Å². The van der Waals surface area contributed by atoms with Gasteiger partial charge in [0.05, 0.1) is 17.6 Å². The number of sulfonamides is 1. The average Bonchev–Trinajstić information content (AvgIpc) is 2.41. The fourth-order valence-corrected chi connectivity index (χ4v) is 2.97. The van der Waals surface area contributed by atoms with Crippen LogP contribution in [0.2, 0.25) is 0 Å². The number of fused-ring (bicyclic) bond motifs is 1. The Labute approximate surface area is 83.0 Å². The van der Waals surface area contributed by atoms with Crippen LogP contribution in [0.1, 0.15) is 5.56 Å². The number of rotatable bonds is 1. The fourth-order valence-electron chi connectivity index (χ4n) is 1.48. The molecule has 0 fully saturated rings. The summed E-state index contributed by atoms with van der Waals surface area (Å²) in [4.78, 5) is 0.381. The van der Waals surface area contributed by atoms with E-state index in [1.54, 1.807) is 12.1 Å². The molecule has 0 radical (unpaired) electrons. The predicted octanol–water partition coefficient (Wildman–Crippen LogP) is 1.49. The minimum Gasteiger partial charge on any atom is -0.261 e. The lowest BCUT2D eigenvalue weighted by Gasteiger charge is -2.08. The van der Waals surface area contributed by atoms with Crippen molar-refractivity contribution >= 4 is 10.0 Å². The van der Waals surface area contributed by atoms with Crippen molar-refractivity contribution in [2.24, 2.45) is 0 Å². The first-order valence-corrected chi connectivity index (χ1v) is 5.56. The Morgan fingerprint density at radius 3 is 2.79 bits per heavy atom. The molecule has 1 aromatic carbocycles. The highest BCUT2D eigenvalue weighted by Gasteiger charge is 2.31. The summed E-state index contributed by atoms with van der Waals surface area (Å²) in [5.74, 6) is 0. The smallest absolute Gasteiger partial charge is 0.261 e. The van der Waals surface area contributed by atoms with Gasteiger partial charge in [0.15, 0.2) is 0 Å². The molecule has 1 heterocycles. The monoisotopic (exact) mass is 207 g/mol. The molecule has 14 heavy (non-hydrogen) atoms. The maximum atomic E-state index is 11.8. The largest absolute Gasteiger partial charge is 0.264 e. The average molecular weight is 207 g/mol. The summed E-state index contributed by atoms with van der Waals surface area (Å²) in [6.45, 7) is 3.74. The van der Waals surface area contributed by atoms with Crippen LogP contribution in [0.5, 0.6) is 0 Å². The van der Waals surface area contributed by atoms with Gasteiger partial charge in [-0.3, -0.25) is 4.31 Å². The van der Waals surface area contributed by atoms with Crippen LogP contribution >= 0.6 is 0 Å². The number of hydrogen-bond acceptors (Lipinski definition) is 2. The van der Waals surface area contributed by atoms with Crippen LogP contribution in [-0.4, -0.2) is 12.7 Å². The maximum Gasteiger partial charge on any atom is 0.264 e. The highest BCUT2D eigenvalue weighted by atomic mass is 32.2. The minimum atomic E-state index is -3.33. The second kappa shape index (κ2) is 3.01. The molecule has 1 aliphatic rings. The van der Waals surface area contributed by atoms with E-state index < -0.39 is 10.0 Å². The highest BCUT2D eigenvalue weighted by Crippen LogP contribution is 2.29. The summed E-state index contributed by atoms with van der Waals surface area (Å²) in [6.07, 6.45) is 1.36. The molecule has 72 valence electrons. The fraction of sp³-hybridized carbons (Fsp3) is 0.100. The molecule has 0 saturated heterocycles. The first-order chi connectivity index (χ1) is 6.66. The van der Waals surface area contributed by atoms with Crippen LogP contribution in [0.4, 0.5) is 0 Å². The third-order valence-electron chi connectivity index (χ3n) is 2.12. The number of nitrogens with zero attached hydrogens (tertiary/aromatic N) is 1. The van der Waals surface area contributed by atoms with E-state index in [1.807, 2.05) is 12.1 Å². The van der Waals surface area contributed by atoms with Gasteiger partial charge in [0.1, 0.15) is 0 Å². The summed E-state index contributed by atoms with van der Waals surface area (Å²) in [7, 11) is -3.33. The van der Waals surface area contributed by atoms with Crippen LogP contribution in [-0.2, 0) is 16.6 Å². The lowest BCUT2D eigenvalue weighted by molar-refractivity contribution is 0.517. The molecule has 2 rings (SSSR count). The second-order valence-corrected chi connectivity index (χ2v) is 4.85. The molecule has 0 aromatic heterocycles. The summed E-state index contributed by atoms with van der Waals surface area (Å²) in [5.41, 5.74) is 3.29. The zero-order valence-electron chi connectivity index (χ0n) is 7.47. The molecule has 0 N–H and O–H groups in total. The van der Waals surface area contributed by atoms with Crippen molar-refractivity contribution in [1.29, 1.82) is 0 Å². The Morgan fingerprint density at radius 1 is 1.43 bits per heavy atom. The molecule has 0 spiro atoms. The molecule has 4 heteroatoms. The first kappa shape index (κ1) is 9.06. The topological polar surface area (TPSA) is 37.4 Å². The van der Waals surface area contributed by atoms with Crippen molar-refractivity contribution in [1.82, 2.24) is 4.31 Å². The van der Waals surface area contributed by atoms with E-state index >= 15 is 0 Å². The molecule has 3 nitrogen and oxygen atoms in total. The predicted molar refractivity (Wildman–Crippen MR) is 52.9 cm³/mol. The zero-order valence-corrected chi connectivity index (χ0v) is 8.29. The molecule has 0 unspecified atom stereocenters. The van der Waals surface area contributed by atoms with Crippen molar-refractivity contribution in [3.05, 3.63) is 48.3 Å². The van der Waals surface area contributed by atoms with Crippen LogP contribution < -0.4 is 0 Å². The standard InChI is InChI=1S/C10H9NO2S/c1-2-7-11-8-9-5-3-4-6-10(9)14(11,12)13/h3-7H,1,8H2. The third kappa shape index (κ3) is 1.16. The Hall–Kier alpha value is -1.51. The summed E-state index contributed by atoms with van der Waals surface area (Å²) in [6, 6.07) is 6.97. The van der Waals surface area contributed by atoms with Gasteiger partial charge >= 0.3 is 0 Å². The summed E-state index contributed by atoms with van der Waals surface area (Å²) < 4.78 is 24.8. The molecule has 0 aliphatic carbocycles. The Bertz CT molecular complexity index is 513. The Kier molecular flexibility index (Phi) is 1.95. The lowest BCUT2D eigenvalue weighted by atomic mass is 10.2. The van der Waals surface area contributed by atoms with Gasteiger partial charge in [0, 0.05) is 0 Å². The van der Waals surface area contributed by atoms with Gasteiger partial charge in [-0.15, -0.1) is 5.73 Å². The van der Waals surface area contributed by atoms with E-state index in [0.717, 1.165) is 5.56 Å². The second-order valence-electron chi connectivity index (χ2n) is 2.99. The summed E-state index contributed by atoms with van der Waals surface area (Å²) in [5, 5.41) is 0. The first-order valence-electron chi connectivity index (χ1n) is 4.12. The highest BCUT2D eigenvalue weighted by molar-refractivity contribution is 7.89. The molecular weight excluding hydrogens is 198 g/mol. The number of benzene rings is 1. The van der Waals surface area contributed by atoms with Crippen molar-refractivity contribution in [2.75, 3.05) is 0 Å². The maximum absolute atomic E-state index is 11.8. The molecule has 0 amide bonds. The van der Waals surface area contributed by atoms with E-state index in [-0.39, 0.29) is 0 Å². The Morgan fingerprint density at radius 2 is 2.14 bits per heavy atom. The quantitative estimate of drug-likeness (QED) is 0.654. The van der Waals surface area contributed by atoms with Crippen LogP contribution in [0, 0.1) is 0 Å². The Balaban J connectivity index is 2.62. The lowest BCUT2D eigenvalue weighted by Crippen LogP contribution is -2.17. The third-order valence-corrected chi connectivity index (χ3v) is 3.93. The van der Waals surface area contributed by atoms with Gasteiger partial charge in [-0.1, -0.05) is 24.8 Å². The van der Waals surface area contributed by atoms with E-state index in [4.69, 9.17) is 0 Å². The van der Waals surface area contributed by atoms with Crippen molar-refractivity contribution in [3.63, 3.8) is 0 Å². The van der Waals surface area contributed by atoms with E-state index in [9.17, 15) is 8.42 Å². The van der Waals surface area contributed by atoms with Crippen molar-refractivity contribution in [2.45, 2.75) is 11.4 Å². The number of hydrogen-bond donors (Lipinski definition) is 0. The van der Waals surface area contributed by atoms with E-state index in [2.05, 4.69) is 12.3 Å². The van der Waals surface area contributed by atoms with E-state index in [0.29, 0.717) is 11.4 Å². The molecule has 0 saturated carbocycles. The van der Waals surface area contributed by atoms with Gasteiger partial charge in [0.2, 0.25) is 0 Å². The van der Waals surface area contributed by atoms with E-state index in [1.165, 1.54) is 10.5 Å². The SMILES string of the molecule is C=C=CN1Cc2ccccc2S1(=O)=O. The molecular formula is C10H9NO2S. The van der Waals surface area contributed by atoms with Crippen molar-refractivity contribution < 1.29 is 8.42 Å². The van der Waals surface area contributed by atoms with Crippen LogP contribution in [0.15, 0.2) is 47.7 Å². The van der Waals surface area contributed by atoms with Crippen molar-refractivity contribution in [3.8, 4) is 0 Å². The van der Waals surface area contributed by atoms with Gasteiger partial charge in [-0.05, 0) is 11.6 Å². The molecule has 1 aromatic rings. The van der Waals surface area contributed by atoms with Gasteiger partial charge in [-0.25, -0.2) is 8.42 Å². The minimum absolute atomic E-state index is 0.376.